The minimum absolute atomic E-state index is 0.218. The molecule has 0 fully saturated rings. The first-order valence-corrected chi connectivity index (χ1v) is 4.92. The van der Waals surface area contributed by atoms with E-state index in [0.717, 1.165) is 26.1 Å². The van der Waals surface area contributed by atoms with E-state index in [1.807, 2.05) is 6.92 Å². The van der Waals surface area contributed by atoms with Crippen LogP contribution in [0.25, 0.3) is 0 Å². The Bertz CT molecular complexity index is 115. The van der Waals surface area contributed by atoms with Gasteiger partial charge in [-0.1, -0.05) is 19.1 Å². The van der Waals surface area contributed by atoms with Crippen LogP contribution in [0.5, 0.6) is 0 Å². The van der Waals surface area contributed by atoms with Crippen molar-refractivity contribution >= 4 is 9.47 Å². The van der Waals surface area contributed by atoms with Gasteiger partial charge in [-0.15, -0.1) is 0 Å². The number of allylic oxidation sites excluding steroid dienone is 1. The topological polar surface area (TPSA) is 18.5 Å². The molecular weight excluding hydrogens is 171 g/mol. The quantitative estimate of drug-likeness (QED) is 0.453. The molecule has 2 unspecified atom stereocenters. The molecule has 0 aliphatic rings. The SMILES string of the molecule is CCC=CC(CCOP)OCC. The molecule has 0 aromatic rings. The van der Waals surface area contributed by atoms with Gasteiger partial charge < -0.3 is 9.26 Å². The van der Waals surface area contributed by atoms with Gasteiger partial charge in [0, 0.05) is 22.5 Å². The maximum absolute atomic E-state index is 5.47. The highest BCUT2D eigenvalue weighted by atomic mass is 31.0. The van der Waals surface area contributed by atoms with E-state index in [1.165, 1.54) is 0 Å². The lowest BCUT2D eigenvalue weighted by Gasteiger charge is -2.11. The standard InChI is InChI=1S/C9H19O2P/c1-3-5-6-9(10-4-2)7-8-11-12/h5-6,9H,3-4,7-8,12H2,1-2H3. The molecule has 0 amide bonds. The average molecular weight is 190 g/mol. The summed E-state index contributed by atoms with van der Waals surface area (Å²) in [5.41, 5.74) is 0. The molecular formula is C9H19O2P. The zero-order valence-corrected chi connectivity index (χ0v) is 9.11. The van der Waals surface area contributed by atoms with E-state index >= 15 is 0 Å². The molecule has 0 aliphatic carbocycles. The molecule has 0 aliphatic heterocycles. The van der Waals surface area contributed by atoms with Crippen molar-refractivity contribution in [1.29, 1.82) is 0 Å². The second kappa shape index (κ2) is 9.18. The largest absolute Gasteiger partial charge is 0.374 e. The highest BCUT2D eigenvalue weighted by Crippen LogP contribution is 2.03. The highest BCUT2D eigenvalue weighted by Gasteiger charge is 2.01. The summed E-state index contributed by atoms with van der Waals surface area (Å²) < 4.78 is 10.4. The lowest BCUT2D eigenvalue weighted by Crippen LogP contribution is -2.11. The molecule has 72 valence electrons. The molecule has 3 heteroatoms. The van der Waals surface area contributed by atoms with Crippen molar-refractivity contribution in [2.24, 2.45) is 0 Å². The van der Waals surface area contributed by atoms with Crippen LogP contribution in [0.1, 0.15) is 26.7 Å². The Kier molecular flexibility index (Phi) is 9.25. The zero-order valence-electron chi connectivity index (χ0n) is 7.95. The van der Waals surface area contributed by atoms with Crippen LogP contribution >= 0.6 is 9.47 Å². The average Bonchev–Trinajstić information content (AvgIpc) is 2.10. The first-order chi connectivity index (χ1) is 5.85. The predicted octanol–water partition coefficient (Wildman–Crippen LogP) is 2.55. The van der Waals surface area contributed by atoms with Gasteiger partial charge in [-0.25, -0.2) is 0 Å². The minimum atomic E-state index is 0.218. The molecule has 12 heavy (non-hydrogen) atoms. The molecule has 0 N–H and O–H groups in total. The van der Waals surface area contributed by atoms with Crippen LogP contribution in [0.2, 0.25) is 0 Å². The van der Waals surface area contributed by atoms with Gasteiger partial charge in [0.05, 0.1) is 12.7 Å². The van der Waals surface area contributed by atoms with Gasteiger partial charge in [0.15, 0.2) is 0 Å². The molecule has 0 aromatic carbocycles. The highest BCUT2D eigenvalue weighted by molar-refractivity contribution is 7.09. The Morgan fingerprint density at radius 2 is 2.17 bits per heavy atom. The van der Waals surface area contributed by atoms with Gasteiger partial charge >= 0.3 is 0 Å². The van der Waals surface area contributed by atoms with Crippen molar-refractivity contribution in [2.45, 2.75) is 32.8 Å². The van der Waals surface area contributed by atoms with Gasteiger partial charge in [-0.2, -0.15) is 0 Å². The molecule has 0 aromatic heterocycles. The lowest BCUT2D eigenvalue weighted by molar-refractivity contribution is 0.0807. The fourth-order valence-electron chi connectivity index (χ4n) is 0.921. The Labute approximate surface area is 77.6 Å². The Morgan fingerprint density at radius 1 is 1.42 bits per heavy atom. The summed E-state index contributed by atoms with van der Waals surface area (Å²) in [6.07, 6.45) is 6.44. The number of rotatable bonds is 7. The van der Waals surface area contributed by atoms with Crippen LogP contribution in [0, 0.1) is 0 Å². The molecule has 0 spiro atoms. The maximum Gasteiger partial charge on any atom is 0.0777 e. The van der Waals surface area contributed by atoms with Gasteiger partial charge in [0.1, 0.15) is 0 Å². The van der Waals surface area contributed by atoms with Crippen LogP contribution in [0.15, 0.2) is 12.2 Å². The van der Waals surface area contributed by atoms with Crippen molar-refractivity contribution in [3.8, 4) is 0 Å². The van der Waals surface area contributed by atoms with E-state index in [2.05, 4.69) is 28.5 Å². The van der Waals surface area contributed by atoms with Crippen molar-refractivity contribution < 1.29 is 9.26 Å². The number of ether oxygens (including phenoxy) is 1. The summed E-state index contributed by atoms with van der Waals surface area (Å²) in [6.45, 7) is 5.61. The number of hydrogen-bond acceptors (Lipinski definition) is 2. The van der Waals surface area contributed by atoms with Crippen molar-refractivity contribution in [3.05, 3.63) is 12.2 Å². The predicted molar refractivity (Wildman–Crippen MR) is 55.1 cm³/mol. The molecule has 2 atom stereocenters. The Hall–Kier alpha value is 0.0900. The van der Waals surface area contributed by atoms with E-state index in [9.17, 15) is 0 Å². The summed E-state index contributed by atoms with van der Waals surface area (Å²) >= 11 is 0. The van der Waals surface area contributed by atoms with E-state index in [4.69, 9.17) is 9.26 Å². The van der Waals surface area contributed by atoms with Crippen LogP contribution in [-0.2, 0) is 9.26 Å². The van der Waals surface area contributed by atoms with Gasteiger partial charge in [0.25, 0.3) is 0 Å². The van der Waals surface area contributed by atoms with Crippen LogP contribution < -0.4 is 0 Å². The summed E-state index contributed by atoms with van der Waals surface area (Å²) in [7, 11) is 2.25. The van der Waals surface area contributed by atoms with Crippen molar-refractivity contribution in [1.82, 2.24) is 0 Å². The van der Waals surface area contributed by atoms with Crippen LogP contribution in [-0.4, -0.2) is 19.3 Å². The first-order valence-electron chi connectivity index (χ1n) is 4.45. The molecule has 0 radical (unpaired) electrons. The third kappa shape index (κ3) is 6.78. The second-order valence-electron chi connectivity index (χ2n) is 2.49. The molecule has 0 saturated heterocycles. The fraction of sp³-hybridized carbons (Fsp3) is 0.778. The van der Waals surface area contributed by atoms with Crippen LogP contribution in [0.3, 0.4) is 0 Å². The van der Waals surface area contributed by atoms with E-state index < -0.39 is 0 Å². The van der Waals surface area contributed by atoms with Crippen molar-refractivity contribution in [2.75, 3.05) is 13.2 Å². The smallest absolute Gasteiger partial charge is 0.0777 e. The normalized spacial score (nSPS) is 13.9. The molecule has 0 heterocycles. The molecule has 0 rings (SSSR count). The first kappa shape index (κ1) is 12.1. The minimum Gasteiger partial charge on any atom is -0.374 e. The molecule has 2 nitrogen and oxygen atoms in total. The van der Waals surface area contributed by atoms with Crippen molar-refractivity contribution in [3.63, 3.8) is 0 Å². The third-order valence-electron chi connectivity index (χ3n) is 1.49. The van der Waals surface area contributed by atoms with E-state index in [1.54, 1.807) is 0 Å². The molecule has 0 bridgehead atoms. The van der Waals surface area contributed by atoms with E-state index in [0.29, 0.717) is 0 Å². The Balaban J connectivity index is 3.61. The summed E-state index contributed by atoms with van der Waals surface area (Å²) in [5, 5.41) is 0. The van der Waals surface area contributed by atoms with E-state index in [-0.39, 0.29) is 6.10 Å². The zero-order chi connectivity index (χ0) is 9.23. The van der Waals surface area contributed by atoms with Gasteiger partial charge in [-0.05, 0) is 13.3 Å². The fourth-order valence-corrected chi connectivity index (χ4v) is 1.06. The molecule has 0 saturated carbocycles. The summed E-state index contributed by atoms with van der Waals surface area (Å²) in [5.74, 6) is 0. The number of hydrogen-bond donors (Lipinski definition) is 0. The third-order valence-corrected chi connectivity index (χ3v) is 1.72. The van der Waals surface area contributed by atoms with Gasteiger partial charge in [-0.3, -0.25) is 0 Å². The Morgan fingerprint density at radius 3 is 2.67 bits per heavy atom. The monoisotopic (exact) mass is 190 g/mol. The summed E-state index contributed by atoms with van der Waals surface area (Å²) in [6, 6.07) is 0. The second-order valence-corrected chi connectivity index (χ2v) is 2.82. The maximum atomic E-state index is 5.47. The summed E-state index contributed by atoms with van der Waals surface area (Å²) in [4.78, 5) is 0. The lowest BCUT2D eigenvalue weighted by atomic mass is 10.2. The van der Waals surface area contributed by atoms with Crippen LogP contribution in [0.4, 0.5) is 0 Å². The van der Waals surface area contributed by atoms with Gasteiger partial charge in [0.2, 0.25) is 0 Å².